The molecule has 2 heterocycles. The van der Waals surface area contributed by atoms with Crippen molar-refractivity contribution in [1.29, 1.82) is 0 Å². The van der Waals surface area contributed by atoms with E-state index in [2.05, 4.69) is 20.3 Å². The zero-order chi connectivity index (χ0) is 13.8. The lowest BCUT2D eigenvalue weighted by atomic mass is 10.5. The van der Waals surface area contributed by atoms with Crippen molar-refractivity contribution in [3.8, 4) is 0 Å². The molecule has 0 saturated heterocycles. The quantitative estimate of drug-likeness (QED) is 0.801. The molecule has 0 aliphatic rings. The molecule has 1 amide bonds. The van der Waals surface area contributed by atoms with Crippen LogP contribution in [0.25, 0.3) is 0 Å². The minimum atomic E-state index is -0.371. The van der Waals surface area contributed by atoms with Gasteiger partial charge in [-0.2, -0.15) is 4.98 Å². The van der Waals surface area contributed by atoms with Gasteiger partial charge in [0.25, 0.3) is 0 Å². The third-order valence-electron chi connectivity index (χ3n) is 1.89. The van der Waals surface area contributed by atoms with Crippen LogP contribution >= 0.6 is 34.9 Å². The summed E-state index contributed by atoms with van der Waals surface area (Å²) in [6.07, 6.45) is 0. The first-order chi connectivity index (χ1) is 9.04. The maximum atomic E-state index is 10.7. The molecule has 0 bridgehead atoms. The molecule has 2 rings (SSSR count). The van der Waals surface area contributed by atoms with Gasteiger partial charge in [0.05, 0.1) is 11.0 Å². The van der Waals surface area contributed by atoms with E-state index in [4.69, 9.17) is 10.3 Å². The van der Waals surface area contributed by atoms with E-state index < -0.39 is 0 Å². The van der Waals surface area contributed by atoms with Crippen LogP contribution < -0.4 is 5.73 Å². The minimum absolute atomic E-state index is 0.00291. The molecule has 2 N–H and O–H groups in total. The van der Waals surface area contributed by atoms with E-state index in [0.29, 0.717) is 11.7 Å². The number of amides is 1. The molecule has 0 fully saturated rings. The summed E-state index contributed by atoms with van der Waals surface area (Å²) in [5, 5.41) is 11.8. The number of aromatic nitrogens is 4. The van der Waals surface area contributed by atoms with Crippen LogP contribution in [-0.4, -0.2) is 32.0 Å². The predicted octanol–water partition coefficient (Wildman–Crippen LogP) is 1.66. The molecule has 0 saturated carbocycles. The molecule has 2 aromatic rings. The highest BCUT2D eigenvalue weighted by molar-refractivity contribution is 8.03. The molecule has 19 heavy (non-hydrogen) atoms. The van der Waals surface area contributed by atoms with Gasteiger partial charge in [-0.25, -0.2) is 0 Å². The molecule has 0 radical (unpaired) electrons. The first kappa shape index (κ1) is 14.3. The van der Waals surface area contributed by atoms with Crippen molar-refractivity contribution < 1.29 is 9.32 Å². The van der Waals surface area contributed by atoms with E-state index >= 15 is 0 Å². The highest BCUT2D eigenvalue weighted by Gasteiger charge is 2.17. The Labute approximate surface area is 121 Å². The third kappa shape index (κ3) is 4.18. The normalized spacial score (nSPS) is 12.5. The Morgan fingerprint density at radius 2 is 2.21 bits per heavy atom. The lowest BCUT2D eigenvalue weighted by molar-refractivity contribution is -0.115. The number of carbonyl (C=O) groups is 1. The van der Waals surface area contributed by atoms with E-state index in [-0.39, 0.29) is 16.9 Å². The summed E-state index contributed by atoms with van der Waals surface area (Å²) >= 11 is 4.18. The van der Waals surface area contributed by atoms with Gasteiger partial charge in [0.1, 0.15) is 0 Å². The molecule has 2 aromatic heterocycles. The fourth-order valence-corrected chi connectivity index (χ4v) is 4.05. The number of thioether (sulfide) groups is 2. The number of hydrogen-bond donors (Lipinski definition) is 1. The lowest BCUT2D eigenvalue weighted by Crippen LogP contribution is -2.12. The van der Waals surface area contributed by atoms with Crippen LogP contribution in [0.15, 0.2) is 13.2 Å². The second-order valence-corrected chi connectivity index (χ2v) is 7.32. The third-order valence-corrected chi connectivity index (χ3v) is 5.15. The monoisotopic (exact) mass is 317 g/mol. The number of aryl methyl sites for hydroxylation is 1. The average Bonchev–Trinajstić information content (AvgIpc) is 2.95. The van der Waals surface area contributed by atoms with Crippen LogP contribution in [0.1, 0.15) is 23.9 Å². The molecule has 0 aliphatic heterocycles. The van der Waals surface area contributed by atoms with Gasteiger partial charge in [0, 0.05) is 0 Å². The fourth-order valence-electron chi connectivity index (χ4n) is 1.12. The van der Waals surface area contributed by atoms with Crippen LogP contribution in [0, 0.1) is 6.92 Å². The van der Waals surface area contributed by atoms with Crippen LogP contribution in [0.3, 0.4) is 0 Å². The van der Waals surface area contributed by atoms with Crippen LogP contribution in [0.4, 0.5) is 0 Å². The predicted molar refractivity (Wildman–Crippen MR) is 73.1 cm³/mol. The second kappa shape index (κ2) is 6.35. The highest BCUT2D eigenvalue weighted by atomic mass is 32.2. The van der Waals surface area contributed by atoms with E-state index in [1.54, 1.807) is 6.92 Å². The molecule has 10 heteroatoms. The number of rotatable bonds is 6. The van der Waals surface area contributed by atoms with E-state index in [1.165, 1.54) is 34.9 Å². The van der Waals surface area contributed by atoms with Gasteiger partial charge in [-0.05, 0) is 13.8 Å². The van der Waals surface area contributed by atoms with Crippen LogP contribution in [-0.2, 0) is 4.79 Å². The van der Waals surface area contributed by atoms with E-state index in [9.17, 15) is 4.79 Å². The molecule has 1 atom stereocenters. The van der Waals surface area contributed by atoms with Gasteiger partial charge in [-0.3, -0.25) is 4.79 Å². The van der Waals surface area contributed by atoms with E-state index in [1.807, 2.05) is 6.92 Å². The van der Waals surface area contributed by atoms with Gasteiger partial charge in [-0.1, -0.05) is 40.0 Å². The molecule has 1 unspecified atom stereocenters. The highest BCUT2D eigenvalue weighted by Crippen LogP contribution is 2.37. The summed E-state index contributed by atoms with van der Waals surface area (Å²) in [7, 11) is 0. The summed E-state index contributed by atoms with van der Waals surface area (Å²) in [5.74, 6) is 1.00. The zero-order valence-electron chi connectivity index (χ0n) is 10.2. The van der Waals surface area contributed by atoms with Crippen molar-refractivity contribution in [1.82, 2.24) is 20.3 Å². The molecule has 7 nitrogen and oxygen atoms in total. The Morgan fingerprint density at radius 1 is 1.47 bits per heavy atom. The summed E-state index contributed by atoms with van der Waals surface area (Å²) in [5.41, 5.74) is 5.07. The lowest BCUT2D eigenvalue weighted by Gasteiger charge is -2.01. The standard InChI is InChI=1S/C9H11N5O2S3/c1-4(7-11-5(2)14-16-7)18-9-13-12-8(19-9)17-3-6(10)15/h4H,3H2,1-2H3,(H2,10,15). The SMILES string of the molecule is Cc1noc(C(C)Sc2nnc(SCC(N)=O)s2)n1. The molecular weight excluding hydrogens is 306 g/mol. The Kier molecular flexibility index (Phi) is 4.77. The van der Waals surface area contributed by atoms with Crippen molar-refractivity contribution in [2.75, 3.05) is 5.75 Å². The number of nitrogens with two attached hydrogens (primary N) is 1. The Bertz CT molecular complexity index is 570. The second-order valence-electron chi connectivity index (χ2n) is 3.53. The van der Waals surface area contributed by atoms with Gasteiger partial charge < -0.3 is 10.3 Å². The van der Waals surface area contributed by atoms with Crippen molar-refractivity contribution in [3.63, 3.8) is 0 Å². The minimum Gasteiger partial charge on any atom is -0.369 e. The molecular formula is C9H11N5O2S3. The maximum Gasteiger partial charge on any atom is 0.239 e. The van der Waals surface area contributed by atoms with Gasteiger partial charge in [-0.15, -0.1) is 10.2 Å². The number of carbonyl (C=O) groups excluding carboxylic acids is 1. The summed E-state index contributed by atoms with van der Waals surface area (Å²) in [6, 6.07) is 0. The van der Waals surface area contributed by atoms with Gasteiger partial charge in [0.15, 0.2) is 14.5 Å². The Balaban J connectivity index is 1.94. The summed E-state index contributed by atoms with van der Waals surface area (Å²) in [6.45, 7) is 3.73. The first-order valence-corrected chi connectivity index (χ1v) is 7.94. The summed E-state index contributed by atoms with van der Waals surface area (Å²) < 4.78 is 6.60. The smallest absolute Gasteiger partial charge is 0.239 e. The molecule has 102 valence electrons. The van der Waals surface area contributed by atoms with Crippen molar-refractivity contribution in [2.24, 2.45) is 5.73 Å². The Morgan fingerprint density at radius 3 is 2.84 bits per heavy atom. The van der Waals surface area contributed by atoms with Crippen molar-refractivity contribution in [2.45, 2.75) is 27.8 Å². The van der Waals surface area contributed by atoms with E-state index in [0.717, 1.165) is 8.68 Å². The Hall–Kier alpha value is -1.13. The number of hydrogen-bond acceptors (Lipinski definition) is 9. The van der Waals surface area contributed by atoms with Gasteiger partial charge >= 0.3 is 0 Å². The zero-order valence-corrected chi connectivity index (χ0v) is 12.6. The maximum absolute atomic E-state index is 10.7. The van der Waals surface area contributed by atoms with Crippen molar-refractivity contribution in [3.05, 3.63) is 11.7 Å². The molecule has 0 aromatic carbocycles. The van der Waals surface area contributed by atoms with Crippen LogP contribution in [0.2, 0.25) is 0 Å². The summed E-state index contributed by atoms with van der Waals surface area (Å²) in [4.78, 5) is 14.8. The fraction of sp³-hybridized carbons (Fsp3) is 0.444. The average molecular weight is 317 g/mol. The number of primary amides is 1. The van der Waals surface area contributed by atoms with Crippen molar-refractivity contribution >= 4 is 40.8 Å². The van der Waals surface area contributed by atoms with Crippen LogP contribution in [0.5, 0.6) is 0 Å². The first-order valence-electron chi connectivity index (χ1n) is 5.26. The topological polar surface area (TPSA) is 108 Å². The number of nitrogens with zero attached hydrogens (tertiary/aromatic N) is 4. The molecule has 0 spiro atoms. The van der Waals surface area contributed by atoms with Gasteiger partial charge in [0.2, 0.25) is 11.8 Å². The molecule has 0 aliphatic carbocycles. The largest absolute Gasteiger partial charge is 0.369 e.